The molecule has 0 saturated carbocycles. The number of guanidine groups is 1. The van der Waals surface area contributed by atoms with Crippen molar-refractivity contribution in [1.29, 1.82) is 0 Å². The molecule has 1 atom stereocenters. The molecule has 3 nitrogen and oxygen atoms in total. The van der Waals surface area contributed by atoms with Gasteiger partial charge in [-0.1, -0.05) is 26.2 Å². The van der Waals surface area contributed by atoms with Gasteiger partial charge in [0.2, 0.25) is 0 Å². The van der Waals surface area contributed by atoms with Crippen molar-refractivity contribution in [2.75, 3.05) is 25.1 Å². The van der Waals surface area contributed by atoms with Crippen molar-refractivity contribution in [2.24, 2.45) is 4.99 Å². The summed E-state index contributed by atoms with van der Waals surface area (Å²) < 4.78 is 0. The largest absolute Gasteiger partial charge is 0.357 e. The number of halogens is 1. The normalized spacial score (nSPS) is 12.7. The molecule has 0 aromatic rings. The number of unbranched alkanes of at least 4 members (excludes halogenated alkanes) is 3. The van der Waals surface area contributed by atoms with E-state index in [4.69, 9.17) is 0 Å². The highest BCUT2D eigenvalue weighted by atomic mass is 127. The average molecular weight is 415 g/mol. The smallest absolute Gasteiger partial charge is 0.191 e. The minimum atomic E-state index is 0. The van der Waals surface area contributed by atoms with E-state index in [1.807, 2.05) is 11.8 Å². The van der Waals surface area contributed by atoms with Crippen LogP contribution in [0.15, 0.2) is 4.99 Å². The third-order valence-corrected chi connectivity index (χ3v) is 3.69. The third kappa shape index (κ3) is 14.8. The van der Waals surface area contributed by atoms with Crippen molar-refractivity contribution in [3.8, 4) is 0 Å². The lowest BCUT2D eigenvalue weighted by atomic mass is 10.1. The van der Waals surface area contributed by atoms with Gasteiger partial charge in [-0.2, -0.15) is 11.8 Å². The Balaban J connectivity index is 0. The van der Waals surface area contributed by atoms with Crippen LogP contribution in [0.25, 0.3) is 0 Å². The second-order valence-corrected chi connectivity index (χ2v) is 5.99. The van der Waals surface area contributed by atoms with Crippen LogP contribution in [-0.2, 0) is 0 Å². The van der Waals surface area contributed by atoms with Gasteiger partial charge in [0.25, 0.3) is 0 Å². The highest BCUT2D eigenvalue weighted by molar-refractivity contribution is 14.0. The molecule has 0 aliphatic rings. The highest BCUT2D eigenvalue weighted by Crippen LogP contribution is 2.03. The fraction of sp³-hybridized carbons (Fsp3) is 0.933. The van der Waals surface area contributed by atoms with Gasteiger partial charge in [-0.15, -0.1) is 24.0 Å². The van der Waals surface area contributed by atoms with E-state index in [1.54, 1.807) is 0 Å². The first-order valence-electron chi connectivity index (χ1n) is 7.78. The van der Waals surface area contributed by atoms with E-state index in [2.05, 4.69) is 42.7 Å². The average Bonchev–Trinajstić information content (AvgIpc) is 2.39. The summed E-state index contributed by atoms with van der Waals surface area (Å²) >= 11 is 1.91. The van der Waals surface area contributed by atoms with E-state index in [1.165, 1.54) is 44.3 Å². The molecule has 1 unspecified atom stereocenters. The Bertz CT molecular complexity index is 225. The predicted octanol–water partition coefficient (Wildman–Crippen LogP) is 4.27. The second-order valence-electron chi connectivity index (χ2n) is 5.00. The van der Waals surface area contributed by atoms with Gasteiger partial charge in [0.1, 0.15) is 0 Å². The molecule has 0 rings (SSSR count). The quantitative estimate of drug-likeness (QED) is 0.229. The van der Waals surface area contributed by atoms with Gasteiger partial charge in [0.05, 0.1) is 0 Å². The molecule has 0 aliphatic heterocycles. The Hall–Kier alpha value is 0.350. The van der Waals surface area contributed by atoms with Gasteiger partial charge in [-0.25, -0.2) is 0 Å². The van der Waals surface area contributed by atoms with Crippen molar-refractivity contribution in [1.82, 2.24) is 10.6 Å². The first-order valence-corrected chi connectivity index (χ1v) is 9.17. The molecular weight excluding hydrogens is 381 g/mol. The van der Waals surface area contributed by atoms with Crippen molar-refractivity contribution < 1.29 is 0 Å². The van der Waals surface area contributed by atoms with Gasteiger partial charge in [-0.3, -0.25) is 4.99 Å². The predicted molar refractivity (Wildman–Crippen MR) is 106 cm³/mol. The number of aliphatic imine (C=N–C) groups is 1. The van der Waals surface area contributed by atoms with Crippen LogP contribution >= 0.6 is 35.7 Å². The Morgan fingerprint density at radius 2 is 1.90 bits per heavy atom. The van der Waals surface area contributed by atoms with Gasteiger partial charge in [0.15, 0.2) is 5.96 Å². The standard InChI is InChI=1S/C15H33N3S.HI/c1-5-7-8-11-14(3)18-15(16-6-2)17-12-9-10-13-19-4;/h14H,5-13H2,1-4H3,(H2,16,17,18);1H. The molecule has 0 bridgehead atoms. The third-order valence-electron chi connectivity index (χ3n) is 2.99. The van der Waals surface area contributed by atoms with Crippen LogP contribution in [-0.4, -0.2) is 37.1 Å². The van der Waals surface area contributed by atoms with Gasteiger partial charge >= 0.3 is 0 Å². The maximum absolute atomic E-state index is 4.64. The fourth-order valence-corrected chi connectivity index (χ4v) is 2.37. The molecular formula is C15H34IN3S. The number of rotatable bonds is 11. The summed E-state index contributed by atoms with van der Waals surface area (Å²) in [7, 11) is 0. The van der Waals surface area contributed by atoms with E-state index in [-0.39, 0.29) is 24.0 Å². The Morgan fingerprint density at radius 1 is 1.15 bits per heavy atom. The van der Waals surface area contributed by atoms with Crippen molar-refractivity contribution >= 4 is 41.7 Å². The minimum absolute atomic E-state index is 0. The monoisotopic (exact) mass is 415 g/mol. The molecule has 0 aliphatic carbocycles. The van der Waals surface area contributed by atoms with Crippen LogP contribution in [0.1, 0.15) is 59.3 Å². The molecule has 0 heterocycles. The summed E-state index contributed by atoms with van der Waals surface area (Å²) in [6, 6.07) is 0.510. The SMILES string of the molecule is CCCCCC(C)NC(=NCCCCSC)NCC.I. The summed E-state index contributed by atoms with van der Waals surface area (Å²) in [6.07, 6.45) is 9.75. The molecule has 0 amide bonds. The lowest BCUT2D eigenvalue weighted by molar-refractivity contribution is 0.546. The summed E-state index contributed by atoms with van der Waals surface area (Å²) in [4.78, 5) is 4.64. The maximum atomic E-state index is 4.64. The Labute approximate surface area is 147 Å². The molecule has 2 N–H and O–H groups in total. The van der Waals surface area contributed by atoms with Crippen LogP contribution in [0.5, 0.6) is 0 Å². The zero-order valence-corrected chi connectivity index (χ0v) is 16.9. The number of hydrogen-bond donors (Lipinski definition) is 2. The van der Waals surface area contributed by atoms with Crippen LogP contribution in [0, 0.1) is 0 Å². The molecule has 20 heavy (non-hydrogen) atoms. The van der Waals surface area contributed by atoms with Crippen molar-refractivity contribution in [2.45, 2.75) is 65.3 Å². The number of hydrogen-bond acceptors (Lipinski definition) is 2. The van der Waals surface area contributed by atoms with Gasteiger partial charge in [-0.05, 0) is 45.1 Å². The Morgan fingerprint density at radius 3 is 2.50 bits per heavy atom. The molecule has 0 spiro atoms. The van der Waals surface area contributed by atoms with E-state index in [9.17, 15) is 0 Å². The van der Waals surface area contributed by atoms with Crippen LogP contribution in [0.3, 0.4) is 0 Å². The number of nitrogens with zero attached hydrogens (tertiary/aromatic N) is 1. The van der Waals surface area contributed by atoms with Crippen LogP contribution < -0.4 is 10.6 Å². The van der Waals surface area contributed by atoms with E-state index >= 15 is 0 Å². The van der Waals surface area contributed by atoms with Crippen LogP contribution in [0.4, 0.5) is 0 Å². The van der Waals surface area contributed by atoms with E-state index in [0.717, 1.165) is 19.0 Å². The zero-order valence-electron chi connectivity index (χ0n) is 13.7. The van der Waals surface area contributed by atoms with Crippen molar-refractivity contribution in [3.63, 3.8) is 0 Å². The van der Waals surface area contributed by atoms with Crippen LogP contribution in [0.2, 0.25) is 0 Å². The molecule has 0 aromatic carbocycles. The second kappa shape index (κ2) is 17.4. The summed E-state index contributed by atoms with van der Waals surface area (Å²) in [6.45, 7) is 8.47. The van der Waals surface area contributed by atoms with Crippen molar-refractivity contribution in [3.05, 3.63) is 0 Å². The number of nitrogens with one attached hydrogen (secondary N) is 2. The summed E-state index contributed by atoms with van der Waals surface area (Å²) in [5.41, 5.74) is 0. The topological polar surface area (TPSA) is 36.4 Å². The molecule has 0 saturated heterocycles. The summed E-state index contributed by atoms with van der Waals surface area (Å²) in [5.74, 6) is 2.23. The molecule has 0 radical (unpaired) electrons. The lowest BCUT2D eigenvalue weighted by Crippen LogP contribution is -2.42. The lowest BCUT2D eigenvalue weighted by Gasteiger charge is -2.17. The highest BCUT2D eigenvalue weighted by Gasteiger charge is 2.04. The van der Waals surface area contributed by atoms with E-state index < -0.39 is 0 Å². The number of thioether (sulfide) groups is 1. The molecule has 5 heteroatoms. The fourth-order valence-electron chi connectivity index (χ4n) is 1.88. The Kier molecular flexibility index (Phi) is 19.7. The first-order chi connectivity index (χ1) is 9.24. The minimum Gasteiger partial charge on any atom is -0.357 e. The zero-order chi connectivity index (χ0) is 14.3. The van der Waals surface area contributed by atoms with Gasteiger partial charge in [0, 0.05) is 19.1 Å². The molecule has 0 aromatic heterocycles. The summed E-state index contributed by atoms with van der Waals surface area (Å²) in [5, 5.41) is 6.83. The van der Waals surface area contributed by atoms with E-state index in [0.29, 0.717) is 6.04 Å². The van der Waals surface area contributed by atoms with Gasteiger partial charge < -0.3 is 10.6 Å². The molecule has 0 fully saturated rings. The first kappa shape index (κ1) is 22.6. The molecule has 122 valence electrons. The maximum Gasteiger partial charge on any atom is 0.191 e.